The van der Waals surface area contributed by atoms with E-state index < -0.39 is 0 Å². The summed E-state index contributed by atoms with van der Waals surface area (Å²) in [6.07, 6.45) is 3.25. The third kappa shape index (κ3) is 5.24. The zero-order valence-corrected chi connectivity index (χ0v) is 16.7. The van der Waals surface area contributed by atoms with Crippen LogP contribution in [0.5, 0.6) is 0 Å². The molecule has 0 bridgehead atoms. The van der Waals surface area contributed by atoms with Crippen molar-refractivity contribution in [2.45, 2.75) is 19.9 Å². The van der Waals surface area contributed by atoms with Crippen LogP contribution in [0.3, 0.4) is 0 Å². The average Bonchev–Trinajstić information content (AvgIpc) is 2.69. The standard InChI is InChI=1S/C24H23ClN2O/c1-18(2)27(22-9-4-3-5-10-22)23-14-12-21(13-15-23)26-24(28)16-11-19-7-6-8-20(25)17-19/h3-18H,1-2H3,(H,26,28). The third-order valence-electron chi connectivity index (χ3n) is 4.24. The molecule has 4 heteroatoms. The molecule has 142 valence electrons. The van der Waals surface area contributed by atoms with Crippen LogP contribution in [0, 0.1) is 0 Å². The van der Waals surface area contributed by atoms with Gasteiger partial charge in [0.1, 0.15) is 0 Å². The Bertz CT molecular complexity index is 950. The molecule has 0 saturated carbocycles. The van der Waals surface area contributed by atoms with Crippen LogP contribution in [0.4, 0.5) is 17.1 Å². The van der Waals surface area contributed by atoms with Gasteiger partial charge in [-0.25, -0.2) is 0 Å². The van der Waals surface area contributed by atoms with E-state index in [1.807, 2.05) is 60.7 Å². The number of halogens is 1. The van der Waals surface area contributed by atoms with Crippen molar-refractivity contribution in [3.63, 3.8) is 0 Å². The molecule has 0 fully saturated rings. The maximum absolute atomic E-state index is 12.2. The summed E-state index contributed by atoms with van der Waals surface area (Å²) in [5.41, 5.74) is 3.85. The van der Waals surface area contributed by atoms with Crippen LogP contribution < -0.4 is 10.2 Å². The van der Waals surface area contributed by atoms with Gasteiger partial charge in [0.05, 0.1) is 0 Å². The minimum Gasteiger partial charge on any atom is -0.339 e. The number of anilines is 3. The molecule has 1 amide bonds. The maximum atomic E-state index is 12.2. The number of hydrogen-bond donors (Lipinski definition) is 1. The van der Waals surface area contributed by atoms with Gasteiger partial charge in [-0.1, -0.05) is 41.9 Å². The molecule has 0 aliphatic heterocycles. The van der Waals surface area contributed by atoms with Crippen LogP contribution >= 0.6 is 11.6 Å². The molecule has 0 radical (unpaired) electrons. The summed E-state index contributed by atoms with van der Waals surface area (Å²) in [6, 6.07) is 25.8. The Balaban J connectivity index is 1.69. The number of benzene rings is 3. The molecular formula is C24H23ClN2O. The summed E-state index contributed by atoms with van der Waals surface area (Å²) in [5.74, 6) is -0.184. The van der Waals surface area contributed by atoms with Crippen LogP contribution in [0.25, 0.3) is 6.08 Å². The van der Waals surface area contributed by atoms with Crippen LogP contribution in [-0.4, -0.2) is 11.9 Å². The summed E-state index contributed by atoms with van der Waals surface area (Å²) < 4.78 is 0. The lowest BCUT2D eigenvalue weighted by molar-refractivity contribution is -0.111. The first-order chi connectivity index (χ1) is 13.5. The highest BCUT2D eigenvalue weighted by atomic mass is 35.5. The summed E-state index contributed by atoms with van der Waals surface area (Å²) in [4.78, 5) is 14.4. The molecule has 0 unspecified atom stereocenters. The molecule has 3 aromatic carbocycles. The molecule has 0 aromatic heterocycles. The lowest BCUT2D eigenvalue weighted by Crippen LogP contribution is -2.25. The predicted molar refractivity (Wildman–Crippen MR) is 119 cm³/mol. The van der Waals surface area contributed by atoms with Gasteiger partial charge in [-0.15, -0.1) is 0 Å². The molecule has 3 aromatic rings. The first-order valence-electron chi connectivity index (χ1n) is 9.22. The van der Waals surface area contributed by atoms with Crippen molar-refractivity contribution in [3.05, 3.63) is 95.5 Å². The average molecular weight is 391 g/mol. The van der Waals surface area contributed by atoms with E-state index in [2.05, 4.69) is 36.2 Å². The number of nitrogens with one attached hydrogen (secondary N) is 1. The van der Waals surface area contributed by atoms with E-state index in [1.165, 1.54) is 6.08 Å². The van der Waals surface area contributed by atoms with Crippen molar-refractivity contribution < 1.29 is 4.79 Å². The van der Waals surface area contributed by atoms with Crippen molar-refractivity contribution in [2.24, 2.45) is 0 Å². The zero-order valence-electron chi connectivity index (χ0n) is 16.0. The van der Waals surface area contributed by atoms with E-state index in [0.717, 1.165) is 22.6 Å². The van der Waals surface area contributed by atoms with Crippen molar-refractivity contribution in [1.29, 1.82) is 0 Å². The van der Waals surface area contributed by atoms with Crippen LogP contribution in [-0.2, 0) is 4.79 Å². The molecule has 0 atom stereocenters. The molecule has 0 aliphatic carbocycles. The second kappa shape index (κ2) is 9.25. The number of hydrogen-bond acceptors (Lipinski definition) is 2. The third-order valence-corrected chi connectivity index (χ3v) is 4.47. The number of para-hydroxylation sites is 1. The zero-order chi connectivity index (χ0) is 19.9. The molecule has 1 N–H and O–H groups in total. The van der Waals surface area contributed by atoms with Crippen molar-refractivity contribution in [3.8, 4) is 0 Å². The van der Waals surface area contributed by atoms with E-state index in [4.69, 9.17) is 11.6 Å². The Morgan fingerprint density at radius 2 is 1.61 bits per heavy atom. The van der Waals surface area contributed by atoms with Gasteiger partial charge in [0.15, 0.2) is 0 Å². The first-order valence-corrected chi connectivity index (χ1v) is 9.60. The van der Waals surface area contributed by atoms with E-state index >= 15 is 0 Å². The fraction of sp³-hybridized carbons (Fsp3) is 0.125. The number of amides is 1. The van der Waals surface area contributed by atoms with E-state index in [0.29, 0.717) is 11.1 Å². The Kier molecular flexibility index (Phi) is 6.51. The highest BCUT2D eigenvalue weighted by molar-refractivity contribution is 6.30. The monoisotopic (exact) mass is 390 g/mol. The molecule has 3 nitrogen and oxygen atoms in total. The fourth-order valence-corrected chi connectivity index (χ4v) is 3.20. The van der Waals surface area contributed by atoms with E-state index in [-0.39, 0.29) is 5.91 Å². The van der Waals surface area contributed by atoms with Gasteiger partial charge in [-0.2, -0.15) is 0 Å². The Hall–Kier alpha value is -3.04. The molecule has 0 saturated heterocycles. The lowest BCUT2D eigenvalue weighted by Gasteiger charge is -2.29. The second-order valence-electron chi connectivity index (χ2n) is 6.72. The van der Waals surface area contributed by atoms with Crippen molar-refractivity contribution >= 4 is 40.6 Å². The summed E-state index contributed by atoms with van der Waals surface area (Å²) in [5, 5.41) is 3.53. The van der Waals surface area contributed by atoms with Crippen LogP contribution in [0.1, 0.15) is 19.4 Å². The molecule has 3 rings (SSSR count). The molecule has 0 heterocycles. The van der Waals surface area contributed by atoms with Crippen LogP contribution in [0.15, 0.2) is 84.9 Å². The summed E-state index contributed by atoms with van der Waals surface area (Å²) >= 11 is 5.96. The van der Waals surface area contributed by atoms with Crippen LogP contribution in [0.2, 0.25) is 5.02 Å². The molecule has 0 aliphatic rings. The number of carbonyl (C=O) groups is 1. The fourth-order valence-electron chi connectivity index (χ4n) is 3.01. The molecule has 0 spiro atoms. The van der Waals surface area contributed by atoms with Gasteiger partial charge in [-0.3, -0.25) is 4.79 Å². The van der Waals surface area contributed by atoms with Crippen molar-refractivity contribution in [1.82, 2.24) is 0 Å². The van der Waals surface area contributed by atoms with Gasteiger partial charge in [-0.05, 0) is 74.0 Å². The van der Waals surface area contributed by atoms with Gasteiger partial charge in [0.25, 0.3) is 0 Å². The quantitative estimate of drug-likeness (QED) is 0.484. The summed E-state index contributed by atoms with van der Waals surface area (Å²) in [6.45, 7) is 4.31. The molecule has 28 heavy (non-hydrogen) atoms. The SMILES string of the molecule is CC(C)N(c1ccccc1)c1ccc(NC(=O)C=Cc2cccc(Cl)c2)cc1. The van der Waals surface area contributed by atoms with E-state index in [1.54, 1.807) is 12.1 Å². The maximum Gasteiger partial charge on any atom is 0.248 e. The van der Waals surface area contributed by atoms with Gasteiger partial charge in [0, 0.05) is 34.2 Å². The number of rotatable bonds is 6. The second-order valence-corrected chi connectivity index (χ2v) is 7.16. The highest BCUT2D eigenvalue weighted by Gasteiger charge is 2.12. The largest absolute Gasteiger partial charge is 0.339 e. The number of nitrogens with zero attached hydrogens (tertiary/aromatic N) is 1. The minimum atomic E-state index is -0.184. The van der Waals surface area contributed by atoms with E-state index in [9.17, 15) is 4.79 Å². The van der Waals surface area contributed by atoms with Gasteiger partial charge >= 0.3 is 0 Å². The topological polar surface area (TPSA) is 32.3 Å². The van der Waals surface area contributed by atoms with Gasteiger partial charge < -0.3 is 10.2 Å². The Labute approximate surface area is 171 Å². The lowest BCUT2D eigenvalue weighted by atomic mass is 10.1. The first kappa shape index (κ1) is 19.7. The predicted octanol–water partition coefficient (Wildman–Crippen LogP) is 6.54. The van der Waals surface area contributed by atoms with Gasteiger partial charge in [0.2, 0.25) is 5.91 Å². The highest BCUT2D eigenvalue weighted by Crippen LogP contribution is 2.28. The van der Waals surface area contributed by atoms with Crippen molar-refractivity contribution in [2.75, 3.05) is 10.2 Å². The minimum absolute atomic E-state index is 0.184. The smallest absolute Gasteiger partial charge is 0.248 e. The molecular weight excluding hydrogens is 368 g/mol. The summed E-state index contributed by atoms with van der Waals surface area (Å²) in [7, 11) is 0. The normalized spacial score (nSPS) is 11.0. The number of carbonyl (C=O) groups excluding carboxylic acids is 1. The Morgan fingerprint density at radius 3 is 2.25 bits per heavy atom. The Morgan fingerprint density at radius 1 is 0.929 bits per heavy atom.